The summed E-state index contributed by atoms with van der Waals surface area (Å²) < 4.78 is 27.6. The lowest BCUT2D eigenvalue weighted by atomic mass is 9.91. The highest BCUT2D eigenvalue weighted by molar-refractivity contribution is 7.91. The number of amides is 2. The minimum Gasteiger partial charge on any atom is -0.481 e. The van der Waals surface area contributed by atoms with Gasteiger partial charge in [-0.25, -0.2) is 8.42 Å². The molecule has 2 N–H and O–H groups in total. The number of rotatable bonds is 8. The monoisotopic (exact) mass is 527 g/mol. The highest BCUT2D eigenvalue weighted by Crippen LogP contribution is 2.28. The number of carbonyl (C=O) groups excluding carboxylic acids is 2. The number of carbonyl (C=O) groups is 3. The summed E-state index contributed by atoms with van der Waals surface area (Å²) in [6.45, 7) is 5.68. The molecule has 2 aromatic heterocycles. The van der Waals surface area contributed by atoms with E-state index < -0.39 is 34.0 Å². The van der Waals surface area contributed by atoms with Gasteiger partial charge >= 0.3 is 5.97 Å². The van der Waals surface area contributed by atoms with Crippen molar-refractivity contribution in [3.05, 3.63) is 39.9 Å². The quantitative estimate of drug-likeness (QED) is 0.544. The Morgan fingerprint density at radius 2 is 1.82 bits per heavy atom. The summed E-state index contributed by atoms with van der Waals surface area (Å²) in [7, 11) is -3.82. The second-order valence-electron chi connectivity index (χ2n) is 9.31. The first-order chi connectivity index (χ1) is 15.9. The Hall–Kier alpha value is -2.28. The average molecular weight is 528 g/mol. The van der Waals surface area contributed by atoms with Gasteiger partial charge in [0, 0.05) is 30.9 Å². The van der Waals surface area contributed by atoms with E-state index in [0.29, 0.717) is 4.88 Å². The molecule has 2 unspecified atom stereocenters. The summed E-state index contributed by atoms with van der Waals surface area (Å²) in [6.07, 6.45) is -0.135. The molecule has 2 amide bonds. The van der Waals surface area contributed by atoms with Gasteiger partial charge in [-0.05, 0) is 28.3 Å². The van der Waals surface area contributed by atoms with E-state index in [2.05, 4.69) is 5.32 Å². The van der Waals surface area contributed by atoms with Crippen molar-refractivity contribution in [1.82, 2.24) is 14.5 Å². The van der Waals surface area contributed by atoms with Crippen LogP contribution in [-0.4, -0.2) is 66.2 Å². The fraction of sp³-hybridized carbons (Fsp3) is 0.500. The van der Waals surface area contributed by atoms with E-state index >= 15 is 0 Å². The molecule has 0 spiro atoms. The van der Waals surface area contributed by atoms with Crippen molar-refractivity contribution < 1.29 is 27.9 Å². The van der Waals surface area contributed by atoms with Gasteiger partial charge in [-0.15, -0.1) is 22.7 Å². The molecule has 3 heterocycles. The van der Waals surface area contributed by atoms with Crippen LogP contribution in [0.1, 0.15) is 44.5 Å². The zero-order valence-electron chi connectivity index (χ0n) is 19.3. The lowest BCUT2D eigenvalue weighted by molar-refractivity contribution is -0.145. The second kappa shape index (κ2) is 10.5. The molecular formula is C22H29N3O6S3. The Morgan fingerprint density at radius 3 is 2.38 bits per heavy atom. The first-order valence-electron chi connectivity index (χ1n) is 10.8. The van der Waals surface area contributed by atoms with Gasteiger partial charge in [-0.3, -0.25) is 14.4 Å². The molecule has 0 aromatic carbocycles. The summed E-state index contributed by atoms with van der Waals surface area (Å²) in [5.74, 6) is -1.90. The van der Waals surface area contributed by atoms with Crippen LogP contribution in [0.2, 0.25) is 0 Å². The average Bonchev–Trinajstić information content (AvgIpc) is 3.45. The number of aliphatic carboxylic acids is 1. The maximum Gasteiger partial charge on any atom is 0.305 e. The summed E-state index contributed by atoms with van der Waals surface area (Å²) in [5, 5.41) is 15.5. The predicted molar refractivity (Wildman–Crippen MR) is 130 cm³/mol. The van der Waals surface area contributed by atoms with Gasteiger partial charge in [0.05, 0.1) is 12.5 Å². The lowest BCUT2D eigenvalue weighted by Gasteiger charge is -2.41. The number of piperazine rings is 1. The SMILES string of the molecule is CC(C)(C)CC(=O)N1CCN(S(=O)(=O)c2cccs2)CC1C(=O)NC(CC(=O)O)c1cccs1. The van der Waals surface area contributed by atoms with Crippen LogP contribution >= 0.6 is 22.7 Å². The van der Waals surface area contributed by atoms with Crippen molar-refractivity contribution in [2.45, 2.75) is 49.9 Å². The summed E-state index contributed by atoms with van der Waals surface area (Å²) in [4.78, 5) is 40.0. The Bertz CT molecular complexity index is 1110. The van der Waals surface area contributed by atoms with Gasteiger partial charge in [-0.1, -0.05) is 32.9 Å². The molecule has 1 aliphatic heterocycles. The highest BCUT2D eigenvalue weighted by atomic mass is 32.2. The van der Waals surface area contributed by atoms with Crippen molar-refractivity contribution in [3.63, 3.8) is 0 Å². The standard InChI is InChI=1S/C22H29N3O6S3/c1-22(2,3)13-18(26)25-9-8-24(34(30,31)20-7-5-11-33-20)14-16(25)21(29)23-15(12-19(27)28)17-6-4-10-32-17/h4-7,10-11,15-16H,8-9,12-14H2,1-3H3,(H,23,29)(H,27,28). The Labute approximate surface area is 207 Å². The number of carboxylic acid groups (broad SMARTS) is 1. The van der Waals surface area contributed by atoms with E-state index in [1.165, 1.54) is 26.6 Å². The molecule has 1 saturated heterocycles. The molecule has 0 saturated carbocycles. The van der Waals surface area contributed by atoms with E-state index in [4.69, 9.17) is 0 Å². The van der Waals surface area contributed by atoms with Crippen molar-refractivity contribution in [2.75, 3.05) is 19.6 Å². The van der Waals surface area contributed by atoms with Crippen LogP contribution in [-0.2, 0) is 24.4 Å². The van der Waals surface area contributed by atoms with E-state index in [0.717, 1.165) is 11.3 Å². The summed E-state index contributed by atoms with van der Waals surface area (Å²) >= 11 is 2.41. The summed E-state index contributed by atoms with van der Waals surface area (Å²) in [6, 6.07) is 4.78. The third kappa shape index (κ3) is 6.44. The van der Waals surface area contributed by atoms with Gasteiger partial charge in [0.1, 0.15) is 10.3 Å². The van der Waals surface area contributed by atoms with E-state index in [9.17, 15) is 27.9 Å². The third-order valence-electron chi connectivity index (χ3n) is 5.32. The number of nitrogens with zero attached hydrogens (tertiary/aromatic N) is 2. The second-order valence-corrected chi connectivity index (χ2v) is 13.4. The largest absolute Gasteiger partial charge is 0.481 e. The number of thiophene rings is 2. The zero-order valence-corrected chi connectivity index (χ0v) is 21.7. The van der Waals surface area contributed by atoms with E-state index in [-0.39, 0.29) is 48.0 Å². The van der Waals surface area contributed by atoms with E-state index in [1.54, 1.807) is 29.0 Å². The first-order valence-corrected chi connectivity index (χ1v) is 14.0. The molecule has 2 aromatic rings. The molecule has 34 heavy (non-hydrogen) atoms. The number of hydrogen-bond donors (Lipinski definition) is 2. The van der Waals surface area contributed by atoms with Crippen LogP contribution in [0.3, 0.4) is 0 Å². The number of nitrogens with one attached hydrogen (secondary N) is 1. The maximum absolute atomic E-state index is 13.4. The number of sulfonamides is 1. The Morgan fingerprint density at radius 1 is 1.15 bits per heavy atom. The fourth-order valence-electron chi connectivity index (χ4n) is 3.75. The van der Waals surface area contributed by atoms with Crippen molar-refractivity contribution in [2.24, 2.45) is 5.41 Å². The molecule has 3 rings (SSSR count). The number of hydrogen-bond acceptors (Lipinski definition) is 7. The molecule has 0 aliphatic carbocycles. The zero-order chi connectivity index (χ0) is 25.1. The Balaban J connectivity index is 1.88. The normalized spacial score (nSPS) is 18.4. The molecule has 2 atom stereocenters. The van der Waals surface area contributed by atoms with Crippen LogP contribution < -0.4 is 5.32 Å². The van der Waals surface area contributed by atoms with Crippen LogP contribution in [0.5, 0.6) is 0 Å². The molecule has 0 radical (unpaired) electrons. The summed E-state index contributed by atoms with van der Waals surface area (Å²) in [5.41, 5.74) is -0.318. The van der Waals surface area contributed by atoms with Crippen molar-refractivity contribution in [3.8, 4) is 0 Å². The third-order valence-corrected chi connectivity index (χ3v) is 9.54. The molecule has 1 fully saturated rings. The smallest absolute Gasteiger partial charge is 0.305 e. The highest BCUT2D eigenvalue weighted by Gasteiger charge is 2.41. The topological polar surface area (TPSA) is 124 Å². The molecule has 186 valence electrons. The molecule has 1 aliphatic rings. The van der Waals surface area contributed by atoms with Crippen LogP contribution in [0, 0.1) is 5.41 Å². The van der Waals surface area contributed by atoms with Gasteiger partial charge in [-0.2, -0.15) is 4.31 Å². The predicted octanol–water partition coefficient (Wildman–Crippen LogP) is 2.78. The van der Waals surface area contributed by atoms with Crippen molar-refractivity contribution >= 4 is 50.5 Å². The maximum atomic E-state index is 13.4. The minimum absolute atomic E-state index is 0.0696. The number of carboxylic acids is 1. The van der Waals surface area contributed by atoms with Gasteiger partial charge < -0.3 is 15.3 Å². The van der Waals surface area contributed by atoms with Crippen molar-refractivity contribution in [1.29, 1.82) is 0 Å². The first kappa shape index (κ1) is 26.3. The van der Waals surface area contributed by atoms with Gasteiger partial charge in [0.25, 0.3) is 10.0 Å². The minimum atomic E-state index is -3.82. The van der Waals surface area contributed by atoms with Gasteiger partial charge in [0.15, 0.2) is 0 Å². The molecule has 12 heteroatoms. The lowest BCUT2D eigenvalue weighted by Crippen LogP contribution is -2.62. The molecular weight excluding hydrogens is 498 g/mol. The molecule has 0 bridgehead atoms. The Kier molecular flexibility index (Phi) is 8.17. The van der Waals surface area contributed by atoms with E-state index in [1.807, 2.05) is 20.8 Å². The van der Waals surface area contributed by atoms with Crippen LogP contribution in [0.15, 0.2) is 39.2 Å². The van der Waals surface area contributed by atoms with Crippen LogP contribution in [0.4, 0.5) is 0 Å². The fourth-order valence-corrected chi connectivity index (χ4v) is 7.11. The van der Waals surface area contributed by atoms with Crippen LogP contribution in [0.25, 0.3) is 0 Å². The molecule has 9 nitrogen and oxygen atoms in total. The van der Waals surface area contributed by atoms with Gasteiger partial charge in [0.2, 0.25) is 11.8 Å².